The molecule has 0 aliphatic heterocycles. The van der Waals surface area contributed by atoms with Crippen molar-refractivity contribution >= 4 is 0 Å². The molecular formula is C10H17N. The fourth-order valence-corrected chi connectivity index (χ4v) is 2.36. The lowest BCUT2D eigenvalue weighted by Gasteiger charge is -2.28. The minimum atomic E-state index is 0.479. The first kappa shape index (κ1) is 7.35. The van der Waals surface area contributed by atoms with Crippen molar-refractivity contribution in [1.82, 2.24) is 0 Å². The third kappa shape index (κ3) is 1.48. The molecule has 0 spiro atoms. The topological polar surface area (TPSA) is 26.0 Å². The highest BCUT2D eigenvalue weighted by molar-refractivity contribution is 5.21. The van der Waals surface area contributed by atoms with E-state index in [1.165, 1.54) is 44.9 Å². The summed E-state index contributed by atoms with van der Waals surface area (Å²) in [5.74, 6) is 0. The lowest BCUT2D eigenvalue weighted by atomic mass is 9.80. The Hall–Kier alpha value is -0.300. The second-order valence-corrected chi connectivity index (χ2v) is 3.92. The first-order chi connectivity index (χ1) is 5.36. The second-order valence-electron chi connectivity index (χ2n) is 3.92. The Morgan fingerprint density at radius 3 is 2.55 bits per heavy atom. The first-order valence-electron chi connectivity index (χ1n) is 4.81. The van der Waals surface area contributed by atoms with Gasteiger partial charge in [0.2, 0.25) is 0 Å². The van der Waals surface area contributed by atoms with Gasteiger partial charge in [-0.15, -0.1) is 0 Å². The average molecular weight is 151 g/mol. The minimum Gasteiger partial charge on any atom is -0.327 e. The van der Waals surface area contributed by atoms with E-state index in [-0.39, 0.29) is 0 Å². The van der Waals surface area contributed by atoms with Gasteiger partial charge in [0.25, 0.3) is 0 Å². The number of rotatable bonds is 0. The lowest BCUT2D eigenvalue weighted by molar-refractivity contribution is 0.506. The van der Waals surface area contributed by atoms with Gasteiger partial charge in [0.1, 0.15) is 0 Å². The summed E-state index contributed by atoms with van der Waals surface area (Å²) in [6.45, 7) is 0. The van der Waals surface area contributed by atoms with E-state index in [9.17, 15) is 0 Å². The largest absolute Gasteiger partial charge is 0.327 e. The van der Waals surface area contributed by atoms with Crippen LogP contribution in [0.2, 0.25) is 0 Å². The Balaban J connectivity index is 2.12. The molecule has 1 unspecified atom stereocenters. The standard InChI is InChI=1S/C10H17N/c11-10-6-5-8-3-1-2-4-9(8)7-10/h10H,1-7,11H2. The second kappa shape index (κ2) is 2.98. The summed E-state index contributed by atoms with van der Waals surface area (Å²) in [6, 6.07) is 0.479. The molecule has 1 heteroatoms. The summed E-state index contributed by atoms with van der Waals surface area (Å²) in [6.07, 6.45) is 9.30. The van der Waals surface area contributed by atoms with E-state index in [0.717, 1.165) is 0 Å². The van der Waals surface area contributed by atoms with Gasteiger partial charge >= 0.3 is 0 Å². The van der Waals surface area contributed by atoms with Crippen molar-refractivity contribution in [3.05, 3.63) is 11.1 Å². The van der Waals surface area contributed by atoms with Crippen molar-refractivity contribution in [2.45, 2.75) is 51.0 Å². The maximum Gasteiger partial charge on any atom is 0.00792 e. The highest BCUT2D eigenvalue weighted by Gasteiger charge is 2.19. The van der Waals surface area contributed by atoms with E-state index in [4.69, 9.17) is 5.73 Å². The normalized spacial score (nSPS) is 31.9. The highest BCUT2D eigenvalue weighted by atomic mass is 14.6. The molecule has 0 aromatic rings. The highest BCUT2D eigenvalue weighted by Crippen LogP contribution is 2.34. The molecule has 2 rings (SSSR count). The van der Waals surface area contributed by atoms with Crippen molar-refractivity contribution in [2.75, 3.05) is 0 Å². The summed E-state index contributed by atoms with van der Waals surface area (Å²) in [7, 11) is 0. The van der Waals surface area contributed by atoms with Crippen molar-refractivity contribution in [2.24, 2.45) is 5.73 Å². The van der Waals surface area contributed by atoms with Crippen LogP contribution in [0.15, 0.2) is 11.1 Å². The first-order valence-corrected chi connectivity index (χ1v) is 4.81. The molecular weight excluding hydrogens is 134 g/mol. The SMILES string of the molecule is NC1CCC2=C(CCCC2)C1. The molecule has 1 atom stereocenters. The molecule has 2 aliphatic carbocycles. The minimum absolute atomic E-state index is 0.479. The van der Waals surface area contributed by atoms with Crippen molar-refractivity contribution in [1.29, 1.82) is 0 Å². The van der Waals surface area contributed by atoms with E-state index in [1.54, 1.807) is 11.1 Å². The van der Waals surface area contributed by atoms with Gasteiger partial charge in [-0.3, -0.25) is 0 Å². The van der Waals surface area contributed by atoms with Crippen LogP contribution in [0.3, 0.4) is 0 Å². The quantitative estimate of drug-likeness (QED) is 0.528. The van der Waals surface area contributed by atoms with Gasteiger partial charge in [-0.2, -0.15) is 0 Å². The summed E-state index contributed by atoms with van der Waals surface area (Å²) in [5, 5.41) is 0. The van der Waals surface area contributed by atoms with Gasteiger partial charge in [-0.25, -0.2) is 0 Å². The summed E-state index contributed by atoms with van der Waals surface area (Å²) < 4.78 is 0. The molecule has 0 saturated carbocycles. The Bertz CT molecular complexity index is 181. The summed E-state index contributed by atoms with van der Waals surface area (Å²) in [4.78, 5) is 0. The Morgan fingerprint density at radius 1 is 1.00 bits per heavy atom. The zero-order valence-corrected chi connectivity index (χ0v) is 7.10. The van der Waals surface area contributed by atoms with Crippen LogP contribution in [0.25, 0.3) is 0 Å². The molecule has 2 aliphatic rings. The third-order valence-corrected chi connectivity index (χ3v) is 3.03. The van der Waals surface area contributed by atoms with Gasteiger partial charge in [0, 0.05) is 6.04 Å². The Morgan fingerprint density at radius 2 is 1.73 bits per heavy atom. The molecule has 0 bridgehead atoms. The fraction of sp³-hybridized carbons (Fsp3) is 0.800. The maximum absolute atomic E-state index is 5.91. The zero-order chi connectivity index (χ0) is 7.68. The molecule has 0 saturated heterocycles. The van der Waals surface area contributed by atoms with Gasteiger partial charge < -0.3 is 5.73 Å². The number of nitrogens with two attached hydrogens (primary N) is 1. The monoisotopic (exact) mass is 151 g/mol. The summed E-state index contributed by atoms with van der Waals surface area (Å²) in [5.41, 5.74) is 9.39. The van der Waals surface area contributed by atoms with Crippen molar-refractivity contribution in [3.8, 4) is 0 Å². The van der Waals surface area contributed by atoms with E-state index in [0.29, 0.717) is 6.04 Å². The molecule has 2 N–H and O–H groups in total. The van der Waals surface area contributed by atoms with Gasteiger partial charge in [0.15, 0.2) is 0 Å². The molecule has 11 heavy (non-hydrogen) atoms. The van der Waals surface area contributed by atoms with Crippen LogP contribution in [0.1, 0.15) is 44.9 Å². The zero-order valence-electron chi connectivity index (χ0n) is 7.10. The van der Waals surface area contributed by atoms with Gasteiger partial charge in [-0.1, -0.05) is 11.1 Å². The third-order valence-electron chi connectivity index (χ3n) is 3.03. The number of hydrogen-bond donors (Lipinski definition) is 1. The van der Waals surface area contributed by atoms with E-state index < -0.39 is 0 Å². The molecule has 0 aromatic heterocycles. The predicted octanol–water partition coefficient (Wildman–Crippen LogP) is 2.37. The Kier molecular flexibility index (Phi) is 1.99. The van der Waals surface area contributed by atoms with E-state index in [2.05, 4.69) is 0 Å². The van der Waals surface area contributed by atoms with Crippen LogP contribution in [-0.2, 0) is 0 Å². The smallest absolute Gasteiger partial charge is 0.00792 e. The molecule has 0 radical (unpaired) electrons. The van der Waals surface area contributed by atoms with Crippen LogP contribution < -0.4 is 5.73 Å². The molecule has 0 heterocycles. The van der Waals surface area contributed by atoms with E-state index in [1.807, 2.05) is 0 Å². The number of hydrogen-bond acceptors (Lipinski definition) is 1. The van der Waals surface area contributed by atoms with Crippen molar-refractivity contribution in [3.63, 3.8) is 0 Å². The summed E-state index contributed by atoms with van der Waals surface area (Å²) >= 11 is 0. The van der Waals surface area contributed by atoms with Crippen LogP contribution in [0.4, 0.5) is 0 Å². The molecule has 0 amide bonds. The molecule has 0 aromatic carbocycles. The van der Waals surface area contributed by atoms with Crippen LogP contribution in [0.5, 0.6) is 0 Å². The van der Waals surface area contributed by atoms with E-state index >= 15 is 0 Å². The molecule has 1 nitrogen and oxygen atoms in total. The van der Waals surface area contributed by atoms with Crippen molar-refractivity contribution < 1.29 is 0 Å². The predicted molar refractivity (Wildman–Crippen MR) is 47.3 cm³/mol. The van der Waals surface area contributed by atoms with Gasteiger partial charge in [0.05, 0.1) is 0 Å². The molecule has 62 valence electrons. The average Bonchev–Trinajstić information content (AvgIpc) is 2.04. The van der Waals surface area contributed by atoms with Gasteiger partial charge in [-0.05, 0) is 44.9 Å². The fourth-order valence-electron chi connectivity index (χ4n) is 2.36. The molecule has 0 fully saturated rings. The maximum atomic E-state index is 5.91. The number of allylic oxidation sites excluding steroid dienone is 1. The van der Waals surface area contributed by atoms with Crippen LogP contribution in [-0.4, -0.2) is 6.04 Å². The Labute approximate surface area is 68.7 Å². The van der Waals surface area contributed by atoms with Crippen LogP contribution >= 0.6 is 0 Å². The lowest BCUT2D eigenvalue weighted by Crippen LogP contribution is -2.25. The van der Waals surface area contributed by atoms with Crippen LogP contribution in [0, 0.1) is 0 Å².